The Labute approximate surface area is 106 Å². The van der Waals surface area contributed by atoms with Gasteiger partial charge in [0.1, 0.15) is 5.82 Å². The predicted molar refractivity (Wildman–Crippen MR) is 69.0 cm³/mol. The summed E-state index contributed by atoms with van der Waals surface area (Å²) in [6, 6.07) is 12.7. The van der Waals surface area contributed by atoms with Gasteiger partial charge in [0.25, 0.3) is 0 Å². The summed E-state index contributed by atoms with van der Waals surface area (Å²) in [4.78, 5) is 0. The summed E-state index contributed by atoms with van der Waals surface area (Å²) in [7, 11) is 0. The molecule has 0 amide bonds. The van der Waals surface area contributed by atoms with Crippen LogP contribution < -0.4 is 0 Å². The van der Waals surface area contributed by atoms with Crippen LogP contribution in [0.4, 0.5) is 4.39 Å². The van der Waals surface area contributed by atoms with Crippen LogP contribution in [0.5, 0.6) is 0 Å². The fourth-order valence-corrected chi connectivity index (χ4v) is 2.79. The van der Waals surface area contributed by atoms with Crippen LogP contribution in [0.3, 0.4) is 0 Å². The molecule has 0 saturated heterocycles. The number of rotatable bonds is 1. The molecule has 92 valence electrons. The third kappa shape index (κ3) is 1.83. The van der Waals surface area contributed by atoms with E-state index in [1.807, 2.05) is 31.2 Å². The maximum Gasteiger partial charge on any atom is 0.123 e. The van der Waals surface area contributed by atoms with Gasteiger partial charge >= 0.3 is 0 Å². The number of fused-ring (bicyclic) bond motifs is 1. The molecule has 0 spiro atoms. The standard InChI is InChI=1S/C16H15FO/c1-10-2-7-13-15(8-10)14(9-16(13)18)11-3-5-12(17)6-4-11/h2-8,14,16,18H,9H2,1H3/t14-,16-/m0/s1. The van der Waals surface area contributed by atoms with Crippen molar-refractivity contribution in [2.75, 3.05) is 0 Å². The number of aliphatic hydroxyl groups is 1. The third-order valence-corrected chi connectivity index (χ3v) is 3.71. The Kier molecular flexibility index (Phi) is 2.67. The molecule has 1 nitrogen and oxygen atoms in total. The molecular formula is C16H15FO. The highest BCUT2D eigenvalue weighted by Crippen LogP contribution is 2.44. The minimum absolute atomic E-state index is 0.176. The van der Waals surface area contributed by atoms with Crippen LogP contribution in [0, 0.1) is 12.7 Å². The van der Waals surface area contributed by atoms with Crippen LogP contribution in [-0.4, -0.2) is 5.11 Å². The van der Waals surface area contributed by atoms with Gasteiger partial charge in [-0.2, -0.15) is 0 Å². The fourth-order valence-electron chi connectivity index (χ4n) is 2.79. The lowest BCUT2D eigenvalue weighted by molar-refractivity contribution is 0.176. The molecule has 0 bridgehead atoms. The normalized spacial score (nSPS) is 21.9. The topological polar surface area (TPSA) is 20.2 Å². The van der Waals surface area contributed by atoms with Gasteiger partial charge in [-0.3, -0.25) is 0 Å². The molecule has 1 aliphatic carbocycles. The number of halogens is 1. The molecule has 0 saturated carbocycles. The maximum atomic E-state index is 13.0. The molecule has 0 aliphatic heterocycles. The minimum atomic E-state index is -0.407. The van der Waals surface area contributed by atoms with Gasteiger partial charge in [0.15, 0.2) is 0 Å². The first-order chi connectivity index (χ1) is 8.65. The van der Waals surface area contributed by atoms with Crippen LogP contribution in [-0.2, 0) is 0 Å². The highest BCUT2D eigenvalue weighted by atomic mass is 19.1. The Morgan fingerprint density at radius 2 is 1.78 bits per heavy atom. The van der Waals surface area contributed by atoms with E-state index in [-0.39, 0.29) is 11.7 Å². The lowest BCUT2D eigenvalue weighted by Crippen LogP contribution is -1.97. The van der Waals surface area contributed by atoms with E-state index >= 15 is 0 Å². The van der Waals surface area contributed by atoms with Gasteiger partial charge in [-0.05, 0) is 42.2 Å². The van der Waals surface area contributed by atoms with Crippen molar-refractivity contribution in [3.05, 3.63) is 70.5 Å². The van der Waals surface area contributed by atoms with Crippen molar-refractivity contribution in [3.8, 4) is 0 Å². The summed E-state index contributed by atoms with van der Waals surface area (Å²) in [5.41, 5.74) is 4.44. The second-order valence-corrected chi connectivity index (χ2v) is 4.99. The van der Waals surface area contributed by atoms with Gasteiger partial charge in [0.2, 0.25) is 0 Å². The van der Waals surface area contributed by atoms with Crippen molar-refractivity contribution < 1.29 is 9.50 Å². The number of hydrogen-bond donors (Lipinski definition) is 1. The summed E-state index contributed by atoms with van der Waals surface area (Å²) >= 11 is 0. The average Bonchev–Trinajstić information content (AvgIpc) is 2.67. The highest BCUT2D eigenvalue weighted by Gasteiger charge is 2.30. The second-order valence-electron chi connectivity index (χ2n) is 4.99. The van der Waals surface area contributed by atoms with Gasteiger partial charge in [-0.1, -0.05) is 35.9 Å². The fraction of sp³-hybridized carbons (Fsp3) is 0.250. The molecule has 18 heavy (non-hydrogen) atoms. The number of benzene rings is 2. The summed E-state index contributed by atoms with van der Waals surface area (Å²) in [5.74, 6) is -0.0442. The quantitative estimate of drug-likeness (QED) is 0.808. The van der Waals surface area contributed by atoms with E-state index in [4.69, 9.17) is 0 Å². The molecule has 0 radical (unpaired) electrons. The second kappa shape index (κ2) is 4.21. The maximum absolute atomic E-state index is 13.0. The van der Waals surface area contributed by atoms with E-state index in [0.717, 1.165) is 11.1 Å². The van der Waals surface area contributed by atoms with E-state index < -0.39 is 6.10 Å². The van der Waals surface area contributed by atoms with Crippen LogP contribution >= 0.6 is 0 Å². The van der Waals surface area contributed by atoms with Crippen molar-refractivity contribution in [1.82, 2.24) is 0 Å². The molecule has 2 heteroatoms. The van der Waals surface area contributed by atoms with Crippen molar-refractivity contribution in [3.63, 3.8) is 0 Å². The monoisotopic (exact) mass is 242 g/mol. The molecule has 3 rings (SSSR count). The molecule has 1 N–H and O–H groups in total. The Balaban J connectivity index is 2.06. The SMILES string of the molecule is Cc1ccc2c(c1)[C@H](c1ccc(F)cc1)C[C@@H]2O. The zero-order valence-corrected chi connectivity index (χ0v) is 10.2. The Hall–Kier alpha value is -1.67. The van der Waals surface area contributed by atoms with Crippen LogP contribution in [0.25, 0.3) is 0 Å². The van der Waals surface area contributed by atoms with Gasteiger partial charge in [-0.25, -0.2) is 4.39 Å². The zero-order valence-electron chi connectivity index (χ0n) is 10.2. The highest BCUT2D eigenvalue weighted by molar-refractivity contribution is 5.45. The molecule has 1 aliphatic rings. The van der Waals surface area contributed by atoms with Gasteiger partial charge in [-0.15, -0.1) is 0 Å². The molecule has 0 aromatic heterocycles. The number of aliphatic hydroxyl groups excluding tert-OH is 1. The largest absolute Gasteiger partial charge is 0.388 e. The van der Waals surface area contributed by atoms with Crippen LogP contribution in [0.2, 0.25) is 0 Å². The Bertz CT molecular complexity index is 574. The van der Waals surface area contributed by atoms with Crippen molar-refractivity contribution in [1.29, 1.82) is 0 Å². The van der Waals surface area contributed by atoms with Gasteiger partial charge < -0.3 is 5.11 Å². The van der Waals surface area contributed by atoms with Crippen molar-refractivity contribution in [2.45, 2.75) is 25.4 Å². The average molecular weight is 242 g/mol. The molecule has 2 aromatic carbocycles. The zero-order chi connectivity index (χ0) is 12.7. The Morgan fingerprint density at radius 1 is 1.06 bits per heavy atom. The first-order valence-corrected chi connectivity index (χ1v) is 6.19. The van der Waals surface area contributed by atoms with E-state index in [9.17, 15) is 9.50 Å². The molecule has 0 heterocycles. The van der Waals surface area contributed by atoms with E-state index in [0.29, 0.717) is 6.42 Å². The number of aryl methyl sites for hydroxylation is 1. The lowest BCUT2D eigenvalue weighted by Gasteiger charge is -2.12. The van der Waals surface area contributed by atoms with Crippen molar-refractivity contribution >= 4 is 0 Å². The van der Waals surface area contributed by atoms with E-state index in [1.54, 1.807) is 0 Å². The predicted octanol–water partition coefficient (Wildman–Crippen LogP) is 3.70. The minimum Gasteiger partial charge on any atom is -0.388 e. The van der Waals surface area contributed by atoms with Crippen LogP contribution in [0.15, 0.2) is 42.5 Å². The molecule has 0 fully saturated rings. The third-order valence-electron chi connectivity index (χ3n) is 3.71. The molecular weight excluding hydrogens is 227 g/mol. The van der Waals surface area contributed by atoms with Gasteiger partial charge in [0, 0.05) is 5.92 Å². The summed E-state index contributed by atoms with van der Waals surface area (Å²) in [6.07, 6.45) is 0.278. The van der Waals surface area contributed by atoms with E-state index in [1.165, 1.54) is 23.3 Å². The summed E-state index contributed by atoms with van der Waals surface area (Å²) in [6.45, 7) is 2.05. The smallest absolute Gasteiger partial charge is 0.123 e. The summed E-state index contributed by atoms with van der Waals surface area (Å²) < 4.78 is 13.0. The lowest BCUT2D eigenvalue weighted by atomic mass is 9.92. The van der Waals surface area contributed by atoms with Crippen LogP contribution in [0.1, 0.15) is 40.7 Å². The van der Waals surface area contributed by atoms with Crippen molar-refractivity contribution in [2.24, 2.45) is 0 Å². The van der Waals surface area contributed by atoms with Gasteiger partial charge in [0.05, 0.1) is 6.10 Å². The summed E-state index contributed by atoms with van der Waals surface area (Å²) in [5, 5.41) is 10.1. The first-order valence-electron chi connectivity index (χ1n) is 6.19. The van der Waals surface area contributed by atoms with E-state index in [2.05, 4.69) is 6.07 Å². The first kappa shape index (κ1) is 11.4. The molecule has 2 aromatic rings. The Morgan fingerprint density at radius 3 is 2.50 bits per heavy atom. The number of hydrogen-bond acceptors (Lipinski definition) is 1. The molecule has 0 unspecified atom stereocenters. The molecule has 2 atom stereocenters.